The van der Waals surface area contributed by atoms with E-state index in [0.29, 0.717) is 30.1 Å². The summed E-state index contributed by atoms with van der Waals surface area (Å²) in [6.07, 6.45) is -0.552. The number of carbonyl (C=O) groups excluding carboxylic acids is 1. The fourth-order valence-corrected chi connectivity index (χ4v) is 3.78. The quantitative estimate of drug-likeness (QED) is 0.334. The highest BCUT2D eigenvalue weighted by Gasteiger charge is 2.21. The second kappa shape index (κ2) is 10.4. The number of amides is 1. The number of hydrogen-bond acceptors (Lipinski definition) is 8. The topological polar surface area (TPSA) is 122 Å². The highest BCUT2D eigenvalue weighted by Crippen LogP contribution is 2.32. The highest BCUT2D eigenvalue weighted by molar-refractivity contribution is 5.93. The maximum absolute atomic E-state index is 12.0. The van der Waals surface area contributed by atoms with Crippen LogP contribution in [0.2, 0.25) is 0 Å². The third kappa shape index (κ3) is 5.25. The van der Waals surface area contributed by atoms with Crippen molar-refractivity contribution in [2.75, 3.05) is 11.9 Å². The molecule has 0 aliphatic carbocycles. The molecule has 0 saturated heterocycles. The molecule has 37 heavy (non-hydrogen) atoms. The number of benzene rings is 2. The van der Waals surface area contributed by atoms with Crippen molar-refractivity contribution in [3.05, 3.63) is 72.4 Å². The van der Waals surface area contributed by atoms with Crippen molar-refractivity contribution in [2.24, 2.45) is 13.0 Å². The second-order valence-corrected chi connectivity index (χ2v) is 8.79. The van der Waals surface area contributed by atoms with Crippen molar-refractivity contribution >= 4 is 22.9 Å². The molecule has 5 rings (SSSR count). The van der Waals surface area contributed by atoms with Crippen LogP contribution >= 0.6 is 0 Å². The largest absolute Gasteiger partial charge is 0.458 e. The number of ether oxygens (including phenoxy) is 2. The van der Waals surface area contributed by atoms with Gasteiger partial charge in [-0.1, -0.05) is 67.5 Å². The van der Waals surface area contributed by atoms with Crippen LogP contribution in [0.4, 0.5) is 10.6 Å². The summed E-state index contributed by atoms with van der Waals surface area (Å²) in [4.78, 5) is 21.3. The van der Waals surface area contributed by atoms with E-state index in [9.17, 15) is 4.79 Å². The Bertz CT molecular complexity index is 1530. The van der Waals surface area contributed by atoms with Crippen LogP contribution in [0.25, 0.3) is 28.1 Å². The van der Waals surface area contributed by atoms with Crippen molar-refractivity contribution in [2.45, 2.75) is 20.5 Å². The number of hydrogen-bond donors (Lipinski definition) is 1. The predicted molar refractivity (Wildman–Crippen MR) is 137 cm³/mol. The predicted octanol–water partition coefficient (Wildman–Crippen LogP) is 4.39. The van der Waals surface area contributed by atoms with Crippen molar-refractivity contribution < 1.29 is 14.3 Å². The lowest BCUT2D eigenvalue weighted by atomic mass is 10.0. The monoisotopic (exact) mass is 498 g/mol. The molecule has 1 amide bonds. The van der Waals surface area contributed by atoms with Crippen molar-refractivity contribution in [3.8, 4) is 23.1 Å². The summed E-state index contributed by atoms with van der Waals surface area (Å²) in [5.41, 5.74) is 4.14. The standard InChI is InChI=1S/C26H26N8O3/c1-17(2)15-37-26(35)28-22-14-7-11-19(27-22)16-36-25-29-23-20(18-9-5-4-6-10-18)12-8-13-21(23)34(25)24-30-31-32-33(24)3/h4-14,17H,15-16H2,1-3H3,(H,27,28,35). The fourth-order valence-electron chi connectivity index (χ4n) is 3.78. The van der Waals surface area contributed by atoms with E-state index in [2.05, 4.69) is 25.8 Å². The van der Waals surface area contributed by atoms with Gasteiger partial charge in [0.25, 0.3) is 5.95 Å². The summed E-state index contributed by atoms with van der Waals surface area (Å²) in [6, 6.07) is 21.5. The average Bonchev–Trinajstić information content (AvgIpc) is 3.49. The lowest BCUT2D eigenvalue weighted by Gasteiger charge is -2.10. The van der Waals surface area contributed by atoms with Gasteiger partial charge in [0.2, 0.25) is 0 Å². The lowest BCUT2D eigenvalue weighted by Crippen LogP contribution is -2.17. The fraction of sp³-hybridized carbons (Fsp3) is 0.231. The van der Waals surface area contributed by atoms with Crippen LogP contribution in [-0.4, -0.2) is 47.4 Å². The first-order valence-electron chi connectivity index (χ1n) is 11.8. The average molecular weight is 499 g/mol. The molecule has 0 fully saturated rings. The number of para-hydroxylation sites is 1. The molecule has 0 radical (unpaired) electrons. The van der Waals surface area contributed by atoms with E-state index in [-0.39, 0.29) is 12.5 Å². The van der Waals surface area contributed by atoms with E-state index in [1.807, 2.05) is 62.4 Å². The number of nitrogens with one attached hydrogen (secondary N) is 1. The van der Waals surface area contributed by atoms with E-state index in [0.717, 1.165) is 22.2 Å². The van der Waals surface area contributed by atoms with Gasteiger partial charge < -0.3 is 9.47 Å². The van der Waals surface area contributed by atoms with E-state index in [1.165, 1.54) is 0 Å². The van der Waals surface area contributed by atoms with Crippen LogP contribution in [0.5, 0.6) is 6.01 Å². The van der Waals surface area contributed by atoms with Gasteiger partial charge in [0, 0.05) is 12.6 Å². The number of carbonyl (C=O) groups is 1. The van der Waals surface area contributed by atoms with Crippen molar-refractivity contribution in [1.29, 1.82) is 0 Å². The second-order valence-electron chi connectivity index (χ2n) is 8.79. The highest BCUT2D eigenvalue weighted by atomic mass is 16.5. The van der Waals surface area contributed by atoms with Gasteiger partial charge in [0.05, 0.1) is 17.8 Å². The van der Waals surface area contributed by atoms with Crippen LogP contribution in [0.3, 0.4) is 0 Å². The van der Waals surface area contributed by atoms with Crippen molar-refractivity contribution in [1.82, 2.24) is 34.7 Å². The Labute approximate surface area is 213 Å². The SMILES string of the molecule is CC(C)COC(=O)Nc1cccc(COc2nc3c(-c4ccccc4)cccc3n2-c2nnnn2C)n1. The Kier molecular flexibility index (Phi) is 6.75. The first kappa shape index (κ1) is 23.9. The van der Waals surface area contributed by atoms with Gasteiger partial charge in [-0.05, 0) is 40.1 Å². The van der Waals surface area contributed by atoms with Gasteiger partial charge in [-0.3, -0.25) is 5.32 Å². The molecule has 188 valence electrons. The summed E-state index contributed by atoms with van der Waals surface area (Å²) >= 11 is 0. The lowest BCUT2D eigenvalue weighted by molar-refractivity contribution is 0.147. The summed E-state index contributed by atoms with van der Waals surface area (Å²) in [6.45, 7) is 4.37. The maximum atomic E-state index is 12.0. The summed E-state index contributed by atoms with van der Waals surface area (Å²) in [7, 11) is 1.75. The number of anilines is 1. The number of aromatic nitrogens is 7. The zero-order valence-corrected chi connectivity index (χ0v) is 20.7. The third-order valence-corrected chi connectivity index (χ3v) is 5.47. The summed E-state index contributed by atoms with van der Waals surface area (Å²) in [5, 5.41) is 14.6. The first-order chi connectivity index (χ1) is 18.0. The molecule has 2 aromatic carbocycles. The van der Waals surface area contributed by atoms with Gasteiger partial charge in [-0.25, -0.2) is 19.0 Å². The molecule has 11 heteroatoms. The Morgan fingerprint density at radius 2 is 1.81 bits per heavy atom. The molecule has 0 saturated carbocycles. The van der Waals surface area contributed by atoms with Crippen LogP contribution in [0.1, 0.15) is 19.5 Å². The van der Waals surface area contributed by atoms with E-state index in [1.54, 1.807) is 34.5 Å². The number of nitrogens with zero attached hydrogens (tertiary/aromatic N) is 7. The number of fused-ring (bicyclic) bond motifs is 1. The van der Waals surface area contributed by atoms with Gasteiger partial charge in [-0.2, -0.15) is 4.98 Å². The minimum atomic E-state index is -0.552. The molecule has 1 N–H and O–H groups in total. The van der Waals surface area contributed by atoms with E-state index >= 15 is 0 Å². The zero-order valence-electron chi connectivity index (χ0n) is 20.7. The van der Waals surface area contributed by atoms with Crippen LogP contribution in [0.15, 0.2) is 66.7 Å². The normalized spacial score (nSPS) is 11.1. The van der Waals surface area contributed by atoms with Gasteiger partial charge in [-0.15, -0.1) is 0 Å². The molecular weight excluding hydrogens is 472 g/mol. The number of aryl methyl sites for hydroxylation is 1. The van der Waals surface area contributed by atoms with Gasteiger partial charge in [0.1, 0.15) is 17.9 Å². The van der Waals surface area contributed by atoms with E-state index in [4.69, 9.17) is 14.5 Å². The summed E-state index contributed by atoms with van der Waals surface area (Å²) in [5.74, 6) is 1.07. The Morgan fingerprint density at radius 1 is 1.00 bits per heavy atom. The van der Waals surface area contributed by atoms with Crippen LogP contribution < -0.4 is 10.1 Å². The molecule has 0 aliphatic rings. The maximum Gasteiger partial charge on any atom is 0.412 e. The molecule has 0 unspecified atom stereocenters. The third-order valence-electron chi connectivity index (χ3n) is 5.47. The minimum Gasteiger partial charge on any atom is -0.458 e. The van der Waals surface area contributed by atoms with Crippen LogP contribution in [-0.2, 0) is 18.4 Å². The molecule has 0 atom stereocenters. The molecule has 0 spiro atoms. The Morgan fingerprint density at radius 3 is 2.57 bits per heavy atom. The minimum absolute atomic E-state index is 0.103. The molecule has 11 nitrogen and oxygen atoms in total. The smallest absolute Gasteiger partial charge is 0.412 e. The number of rotatable bonds is 8. The number of pyridine rings is 1. The molecule has 5 aromatic rings. The molecule has 0 aliphatic heterocycles. The first-order valence-corrected chi connectivity index (χ1v) is 11.8. The Balaban J connectivity index is 1.45. The molecule has 0 bridgehead atoms. The number of tetrazole rings is 1. The number of imidazole rings is 1. The molecule has 3 aromatic heterocycles. The van der Waals surface area contributed by atoms with Gasteiger partial charge >= 0.3 is 12.1 Å². The van der Waals surface area contributed by atoms with Gasteiger partial charge in [0.15, 0.2) is 0 Å². The van der Waals surface area contributed by atoms with Crippen molar-refractivity contribution in [3.63, 3.8) is 0 Å². The molecule has 3 heterocycles. The summed E-state index contributed by atoms with van der Waals surface area (Å²) < 4.78 is 14.6. The van der Waals surface area contributed by atoms with Crippen LogP contribution in [0, 0.1) is 5.92 Å². The van der Waals surface area contributed by atoms with E-state index < -0.39 is 6.09 Å². The Hall–Kier alpha value is -4.80. The zero-order chi connectivity index (χ0) is 25.8. The molecular formula is C26H26N8O3.